The van der Waals surface area contributed by atoms with E-state index in [1.807, 2.05) is 0 Å². The van der Waals surface area contributed by atoms with E-state index in [0.29, 0.717) is 18.2 Å². The third-order valence-electron chi connectivity index (χ3n) is 6.60. The molecule has 2 aromatic carbocycles. The van der Waals surface area contributed by atoms with Crippen molar-refractivity contribution in [3.63, 3.8) is 0 Å². The molecular formula is C26H36N2O. The van der Waals surface area contributed by atoms with Crippen LogP contribution in [-0.4, -0.2) is 47.2 Å². The van der Waals surface area contributed by atoms with Gasteiger partial charge in [-0.05, 0) is 50.7 Å². The molecule has 2 unspecified atom stereocenters. The van der Waals surface area contributed by atoms with Crippen LogP contribution < -0.4 is 0 Å². The van der Waals surface area contributed by atoms with Crippen LogP contribution in [0.2, 0.25) is 0 Å². The van der Waals surface area contributed by atoms with E-state index in [0.717, 1.165) is 32.2 Å². The van der Waals surface area contributed by atoms with Gasteiger partial charge in [0.15, 0.2) is 0 Å². The Morgan fingerprint density at radius 2 is 1.24 bits per heavy atom. The number of morpholine rings is 1. The Bertz CT molecular complexity index is 675. The van der Waals surface area contributed by atoms with Crippen LogP contribution >= 0.6 is 0 Å². The first-order valence-electron chi connectivity index (χ1n) is 11.4. The maximum absolute atomic E-state index is 5.95. The first-order chi connectivity index (χ1) is 14.2. The Kier molecular flexibility index (Phi) is 7.02. The lowest BCUT2D eigenvalue weighted by molar-refractivity contribution is -0.0863. The fraction of sp³-hybridized carbons (Fsp3) is 0.538. The highest BCUT2D eigenvalue weighted by molar-refractivity contribution is 5.17. The summed E-state index contributed by atoms with van der Waals surface area (Å²) in [6.45, 7) is 8.70. The fourth-order valence-corrected chi connectivity index (χ4v) is 5.25. The molecule has 0 radical (unpaired) electrons. The summed E-state index contributed by atoms with van der Waals surface area (Å²) in [7, 11) is 0. The van der Waals surface area contributed by atoms with Crippen LogP contribution in [-0.2, 0) is 17.8 Å². The summed E-state index contributed by atoms with van der Waals surface area (Å²) in [5.74, 6) is 0. The number of benzene rings is 2. The quantitative estimate of drug-likeness (QED) is 0.679. The zero-order valence-electron chi connectivity index (χ0n) is 18.0. The second kappa shape index (κ2) is 9.88. The van der Waals surface area contributed by atoms with E-state index in [4.69, 9.17) is 4.74 Å². The predicted octanol–water partition coefficient (Wildman–Crippen LogP) is 5.11. The molecule has 0 aromatic heterocycles. The monoisotopic (exact) mass is 392 g/mol. The van der Waals surface area contributed by atoms with Crippen molar-refractivity contribution >= 4 is 0 Å². The normalized spacial score (nSPS) is 28.5. The van der Waals surface area contributed by atoms with E-state index in [2.05, 4.69) is 84.3 Å². The van der Waals surface area contributed by atoms with Gasteiger partial charge in [0.25, 0.3) is 0 Å². The minimum absolute atomic E-state index is 0.365. The SMILES string of the molecule is CC1CN(C2CCC(N(Cc3ccccc3)Cc3ccccc3)CC2)CC(C)O1. The van der Waals surface area contributed by atoms with Gasteiger partial charge >= 0.3 is 0 Å². The van der Waals surface area contributed by atoms with E-state index in [1.165, 1.54) is 36.8 Å². The Morgan fingerprint density at radius 1 is 0.759 bits per heavy atom. The number of hydrogen-bond donors (Lipinski definition) is 0. The molecule has 2 aromatic rings. The van der Waals surface area contributed by atoms with Crippen molar-refractivity contribution in [1.29, 1.82) is 0 Å². The summed E-state index contributed by atoms with van der Waals surface area (Å²) in [5.41, 5.74) is 2.84. The Balaban J connectivity index is 1.40. The van der Waals surface area contributed by atoms with Crippen molar-refractivity contribution < 1.29 is 4.74 Å². The zero-order valence-corrected chi connectivity index (χ0v) is 18.0. The highest BCUT2D eigenvalue weighted by atomic mass is 16.5. The second-order valence-corrected chi connectivity index (χ2v) is 9.05. The summed E-state index contributed by atoms with van der Waals surface area (Å²) in [5, 5.41) is 0. The topological polar surface area (TPSA) is 15.7 Å². The molecule has 3 nitrogen and oxygen atoms in total. The maximum atomic E-state index is 5.95. The molecule has 156 valence electrons. The Morgan fingerprint density at radius 3 is 1.72 bits per heavy atom. The molecule has 0 spiro atoms. The van der Waals surface area contributed by atoms with Gasteiger partial charge in [0.2, 0.25) is 0 Å². The minimum atomic E-state index is 0.365. The highest BCUT2D eigenvalue weighted by Crippen LogP contribution is 2.30. The van der Waals surface area contributed by atoms with E-state index in [9.17, 15) is 0 Å². The first kappa shape index (κ1) is 20.6. The average molecular weight is 393 g/mol. The molecule has 1 aliphatic carbocycles. The first-order valence-corrected chi connectivity index (χ1v) is 11.4. The number of hydrogen-bond acceptors (Lipinski definition) is 3. The van der Waals surface area contributed by atoms with Gasteiger partial charge in [0, 0.05) is 38.3 Å². The second-order valence-electron chi connectivity index (χ2n) is 9.05. The van der Waals surface area contributed by atoms with Gasteiger partial charge in [-0.3, -0.25) is 9.80 Å². The van der Waals surface area contributed by atoms with Crippen molar-refractivity contribution in [3.8, 4) is 0 Å². The summed E-state index contributed by atoms with van der Waals surface area (Å²) in [4.78, 5) is 5.42. The van der Waals surface area contributed by atoms with E-state index < -0.39 is 0 Å². The average Bonchev–Trinajstić information content (AvgIpc) is 2.74. The smallest absolute Gasteiger partial charge is 0.0678 e. The van der Waals surface area contributed by atoms with Gasteiger partial charge in [0.1, 0.15) is 0 Å². The van der Waals surface area contributed by atoms with Gasteiger partial charge in [-0.1, -0.05) is 60.7 Å². The highest BCUT2D eigenvalue weighted by Gasteiger charge is 2.32. The number of nitrogens with zero attached hydrogens (tertiary/aromatic N) is 2. The Labute approximate surface area is 176 Å². The zero-order chi connectivity index (χ0) is 20.1. The van der Waals surface area contributed by atoms with Crippen LogP contribution in [0.1, 0.15) is 50.7 Å². The molecule has 3 heteroatoms. The lowest BCUT2D eigenvalue weighted by Gasteiger charge is -2.44. The molecular weight excluding hydrogens is 356 g/mol. The van der Waals surface area contributed by atoms with Crippen molar-refractivity contribution in [1.82, 2.24) is 9.80 Å². The summed E-state index contributed by atoms with van der Waals surface area (Å²) < 4.78 is 5.95. The van der Waals surface area contributed by atoms with E-state index in [-0.39, 0.29) is 0 Å². The van der Waals surface area contributed by atoms with E-state index >= 15 is 0 Å². The maximum Gasteiger partial charge on any atom is 0.0678 e. The lowest BCUT2D eigenvalue weighted by atomic mass is 9.88. The van der Waals surface area contributed by atoms with Gasteiger partial charge in [-0.2, -0.15) is 0 Å². The number of ether oxygens (including phenoxy) is 1. The van der Waals surface area contributed by atoms with Gasteiger partial charge < -0.3 is 4.74 Å². The third kappa shape index (κ3) is 5.69. The van der Waals surface area contributed by atoms with E-state index in [1.54, 1.807) is 0 Å². The molecule has 2 aliphatic rings. The third-order valence-corrected chi connectivity index (χ3v) is 6.60. The summed E-state index contributed by atoms with van der Waals surface area (Å²) in [6, 6.07) is 23.3. The van der Waals surface area contributed by atoms with Gasteiger partial charge in [-0.15, -0.1) is 0 Å². The largest absolute Gasteiger partial charge is 0.373 e. The van der Waals surface area contributed by atoms with Crippen LogP contribution in [0.5, 0.6) is 0 Å². The fourth-order valence-electron chi connectivity index (χ4n) is 5.25. The molecule has 1 saturated carbocycles. The molecule has 1 aliphatic heterocycles. The van der Waals surface area contributed by atoms with Crippen LogP contribution in [0.15, 0.2) is 60.7 Å². The molecule has 0 amide bonds. The van der Waals surface area contributed by atoms with Crippen LogP contribution in [0.4, 0.5) is 0 Å². The molecule has 0 N–H and O–H groups in total. The molecule has 4 rings (SSSR count). The summed E-state index contributed by atoms with van der Waals surface area (Å²) in [6.07, 6.45) is 5.94. The van der Waals surface area contributed by atoms with Crippen LogP contribution in [0.25, 0.3) is 0 Å². The minimum Gasteiger partial charge on any atom is -0.373 e. The van der Waals surface area contributed by atoms with Crippen molar-refractivity contribution in [2.45, 2.75) is 76.9 Å². The Hall–Kier alpha value is -1.68. The summed E-state index contributed by atoms with van der Waals surface area (Å²) >= 11 is 0. The van der Waals surface area contributed by atoms with Gasteiger partial charge in [-0.25, -0.2) is 0 Å². The molecule has 1 heterocycles. The standard InChI is InChI=1S/C26H36N2O/c1-21-17-27(18-22(2)29-21)25-13-15-26(16-14-25)28(19-23-9-5-3-6-10-23)20-24-11-7-4-8-12-24/h3-12,21-22,25-26H,13-20H2,1-2H3. The predicted molar refractivity (Wildman–Crippen MR) is 120 cm³/mol. The molecule has 2 fully saturated rings. The molecule has 0 bridgehead atoms. The van der Waals surface area contributed by atoms with Crippen LogP contribution in [0.3, 0.4) is 0 Å². The lowest BCUT2D eigenvalue weighted by Crippen LogP contribution is -2.52. The van der Waals surface area contributed by atoms with Crippen LogP contribution in [0, 0.1) is 0 Å². The van der Waals surface area contributed by atoms with Crippen molar-refractivity contribution in [3.05, 3.63) is 71.8 Å². The van der Waals surface area contributed by atoms with Crippen molar-refractivity contribution in [2.24, 2.45) is 0 Å². The molecule has 29 heavy (non-hydrogen) atoms. The number of rotatable bonds is 6. The van der Waals surface area contributed by atoms with Crippen molar-refractivity contribution in [2.75, 3.05) is 13.1 Å². The van der Waals surface area contributed by atoms with Gasteiger partial charge in [0.05, 0.1) is 12.2 Å². The molecule has 2 atom stereocenters. The molecule has 1 saturated heterocycles.